The van der Waals surface area contributed by atoms with Crippen molar-refractivity contribution < 1.29 is 15.0 Å². The van der Waals surface area contributed by atoms with Crippen LogP contribution in [0.5, 0.6) is 0 Å². The molecule has 17 heavy (non-hydrogen) atoms. The van der Waals surface area contributed by atoms with Gasteiger partial charge in [-0.2, -0.15) is 0 Å². The lowest BCUT2D eigenvalue weighted by Crippen LogP contribution is -2.56. The van der Waals surface area contributed by atoms with Crippen LogP contribution in [0.1, 0.15) is 33.1 Å². The molecule has 1 heterocycles. The lowest BCUT2D eigenvalue weighted by atomic mass is 9.96. The number of aliphatic hydroxyl groups excluding tert-OH is 2. The van der Waals surface area contributed by atoms with Crippen molar-refractivity contribution in [2.75, 3.05) is 26.3 Å². The van der Waals surface area contributed by atoms with Gasteiger partial charge in [-0.25, -0.2) is 0 Å². The van der Waals surface area contributed by atoms with Gasteiger partial charge < -0.3 is 20.4 Å². The number of aliphatic hydroxyl groups is 2. The van der Waals surface area contributed by atoms with Crippen molar-refractivity contribution in [2.45, 2.75) is 44.7 Å². The predicted octanol–water partition coefficient (Wildman–Crippen LogP) is -0.280. The molecule has 3 N–H and O–H groups in total. The van der Waals surface area contributed by atoms with Crippen LogP contribution in [0.15, 0.2) is 0 Å². The van der Waals surface area contributed by atoms with Crippen molar-refractivity contribution in [1.29, 1.82) is 0 Å². The molecule has 0 saturated carbocycles. The number of nitrogens with one attached hydrogen (secondary N) is 1. The smallest absolute Gasteiger partial charge is 0.240 e. The molecule has 1 saturated heterocycles. The molecular formula is C12H24N2O3. The summed E-state index contributed by atoms with van der Waals surface area (Å²) in [6.07, 6.45) is 2.30. The fourth-order valence-corrected chi connectivity index (χ4v) is 2.29. The highest BCUT2D eigenvalue weighted by molar-refractivity contribution is 5.84. The third-order valence-corrected chi connectivity index (χ3v) is 3.67. The summed E-state index contributed by atoms with van der Waals surface area (Å²) >= 11 is 0. The molecule has 1 unspecified atom stereocenters. The van der Waals surface area contributed by atoms with Gasteiger partial charge in [0.05, 0.1) is 24.8 Å². The van der Waals surface area contributed by atoms with E-state index in [2.05, 4.69) is 12.2 Å². The number of nitrogens with zero attached hydrogens (tertiary/aromatic N) is 1. The van der Waals surface area contributed by atoms with Gasteiger partial charge in [0.1, 0.15) is 0 Å². The Morgan fingerprint density at radius 1 is 1.41 bits per heavy atom. The third kappa shape index (κ3) is 2.78. The normalized spacial score (nSPS) is 21.3. The number of amides is 1. The van der Waals surface area contributed by atoms with E-state index in [1.165, 1.54) is 0 Å². The number of rotatable bonds is 7. The second kappa shape index (κ2) is 6.33. The first-order valence-electron chi connectivity index (χ1n) is 6.41. The average Bonchev–Trinajstić information content (AvgIpc) is 2.72. The minimum absolute atomic E-state index is 0.00315. The Bertz CT molecular complexity index is 246. The molecule has 0 aliphatic carbocycles. The Balaban J connectivity index is 2.70. The highest BCUT2D eigenvalue weighted by Gasteiger charge is 2.43. The fourth-order valence-electron chi connectivity index (χ4n) is 2.29. The molecule has 5 heteroatoms. The zero-order valence-electron chi connectivity index (χ0n) is 10.8. The van der Waals surface area contributed by atoms with E-state index in [0.29, 0.717) is 13.0 Å². The molecule has 5 nitrogen and oxygen atoms in total. The maximum Gasteiger partial charge on any atom is 0.240 e. The van der Waals surface area contributed by atoms with Gasteiger partial charge >= 0.3 is 0 Å². The van der Waals surface area contributed by atoms with Gasteiger partial charge in [0.2, 0.25) is 5.91 Å². The summed E-state index contributed by atoms with van der Waals surface area (Å²) in [6.45, 7) is 4.99. The van der Waals surface area contributed by atoms with Gasteiger partial charge in [0.25, 0.3) is 0 Å². The quantitative estimate of drug-likeness (QED) is 0.576. The third-order valence-electron chi connectivity index (χ3n) is 3.67. The van der Waals surface area contributed by atoms with Crippen LogP contribution in [-0.2, 0) is 4.79 Å². The first-order valence-corrected chi connectivity index (χ1v) is 6.41. The first-order chi connectivity index (χ1) is 8.15. The fraction of sp³-hybridized carbons (Fsp3) is 0.917. The van der Waals surface area contributed by atoms with Crippen molar-refractivity contribution in [3.8, 4) is 0 Å². The summed E-state index contributed by atoms with van der Waals surface area (Å²) in [5, 5.41) is 22.1. The molecular weight excluding hydrogens is 220 g/mol. The SMILES string of the molecule is CCCNC1CCN(C(CC)(CO)CO)C1=O. The van der Waals surface area contributed by atoms with Crippen LogP contribution < -0.4 is 5.32 Å². The van der Waals surface area contributed by atoms with Crippen LogP contribution >= 0.6 is 0 Å². The highest BCUT2D eigenvalue weighted by Crippen LogP contribution is 2.25. The van der Waals surface area contributed by atoms with E-state index in [1.54, 1.807) is 4.90 Å². The second-order valence-electron chi connectivity index (χ2n) is 4.68. The first kappa shape index (κ1) is 14.4. The number of hydrogen-bond acceptors (Lipinski definition) is 4. The molecule has 0 aromatic carbocycles. The summed E-state index contributed by atoms with van der Waals surface area (Å²) in [4.78, 5) is 13.8. The van der Waals surface area contributed by atoms with E-state index in [1.807, 2.05) is 6.92 Å². The molecule has 1 rings (SSSR count). The zero-order valence-corrected chi connectivity index (χ0v) is 10.8. The van der Waals surface area contributed by atoms with Gasteiger partial charge in [0.15, 0.2) is 0 Å². The Morgan fingerprint density at radius 2 is 2.06 bits per heavy atom. The van der Waals surface area contributed by atoms with E-state index in [0.717, 1.165) is 19.4 Å². The largest absolute Gasteiger partial charge is 0.394 e. The maximum atomic E-state index is 12.2. The molecule has 1 aliphatic rings. The lowest BCUT2D eigenvalue weighted by molar-refractivity contribution is -0.139. The van der Waals surface area contributed by atoms with Crippen LogP contribution in [-0.4, -0.2) is 58.9 Å². The topological polar surface area (TPSA) is 72.8 Å². The summed E-state index contributed by atoms with van der Waals surface area (Å²) in [6, 6.07) is -0.154. The van der Waals surface area contributed by atoms with Crippen molar-refractivity contribution in [1.82, 2.24) is 10.2 Å². The molecule has 0 aromatic rings. The van der Waals surface area contributed by atoms with Crippen LogP contribution in [0.3, 0.4) is 0 Å². The number of likely N-dealkylation sites (tertiary alicyclic amines) is 1. The number of hydrogen-bond donors (Lipinski definition) is 3. The van der Waals surface area contributed by atoms with Crippen LogP contribution in [0.2, 0.25) is 0 Å². The van der Waals surface area contributed by atoms with Gasteiger partial charge in [-0.1, -0.05) is 13.8 Å². The average molecular weight is 244 g/mol. The molecule has 0 spiro atoms. The minimum Gasteiger partial charge on any atom is -0.394 e. The van der Waals surface area contributed by atoms with E-state index < -0.39 is 5.54 Å². The van der Waals surface area contributed by atoms with Crippen molar-refractivity contribution in [3.05, 3.63) is 0 Å². The molecule has 1 aliphatic heterocycles. The number of carbonyl (C=O) groups is 1. The summed E-state index contributed by atoms with van der Waals surface area (Å²) < 4.78 is 0. The van der Waals surface area contributed by atoms with Crippen molar-refractivity contribution in [2.24, 2.45) is 0 Å². The van der Waals surface area contributed by atoms with Crippen molar-refractivity contribution >= 4 is 5.91 Å². The van der Waals surface area contributed by atoms with Gasteiger partial charge in [-0.3, -0.25) is 4.79 Å². The Kier molecular flexibility index (Phi) is 5.36. The van der Waals surface area contributed by atoms with Crippen LogP contribution in [0.25, 0.3) is 0 Å². The molecule has 1 fully saturated rings. The van der Waals surface area contributed by atoms with Gasteiger partial charge in [-0.05, 0) is 25.8 Å². The lowest BCUT2D eigenvalue weighted by Gasteiger charge is -2.38. The minimum atomic E-state index is -0.792. The maximum absolute atomic E-state index is 12.2. The standard InChI is InChI=1S/C12H24N2O3/c1-3-6-13-10-5-7-14(11(10)17)12(4-2,8-15)9-16/h10,13,15-16H,3-9H2,1-2H3. The van der Waals surface area contributed by atoms with E-state index in [4.69, 9.17) is 0 Å². The summed E-state index contributed by atoms with van der Waals surface area (Å²) in [5.74, 6) is 0.00315. The zero-order chi connectivity index (χ0) is 12.9. The predicted molar refractivity (Wildman–Crippen MR) is 65.6 cm³/mol. The van der Waals surface area contributed by atoms with E-state index >= 15 is 0 Å². The molecule has 0 bridgehead atoms. The molecule has 0 radical (unpaired) electrons. The molecule has 1 atom stereocenters. The summed E-state index contributed by atoms with van der Waals surface area (Å²) in [5.41, 5.74) is -0.792. The molecule has 100 valence electrons. The number of carbonyl (C=O) groups excluding carboxylic acids is 1. The monoisotopic (exact) mass is 244 g/mol. The van der Waals surface area contributed by atoms with Crippen molar-refractivity contribution in [3.63, 3.8) is 0 Å². The molecule has 1 amide bonds. The van der Waals surface area contributed by atoms with E-state index in [9.17, 15) is 15.0 Å². The Morgan fingerprint density at radius 3 is 2.53 bits per heavy atom. The van der Waals surface area contributed by atoms with Gasteiger partial charge in [-0.15, -0.1) is 0 Å². The van der Waals surface area contributed by atoms with E-state index in [-0.39, 0.29) is 25.2 Å². The molecule has 0 aromatic heterocycles. The Labute approximate surface area is 103 Å². The van der Waals surface area contributed by atoms with Crippen LogP contribution in [0, 0.1) is 0 Å². The van der Waals surface area contributed by atoms with Crippen LogP contribution in [0.4, 0.5) is 0 Å². The summed E-state index contributed by atoms with van der Waals surface area (Å²) in [7, 11) is 0. The second-order valence-corrected chi connectivity index (χ2v) is 4.68. The highest BCUT2D eigenvalue weighted by atomic mass is 16.3. The van der Waals surface area contributed by atoms with Gasteiger partial charge in [0, 0.05) is 6.54 Å². The Hall–Kier alpha value is -0.650.